The van der Waals surface area contributed by atoms with Crippen molar-refractivity contribution in [2.45, 2.75) is 20.0 Å². The average molecular weight is 481 g/mol. The molecule has 0 aromatic heterocycles. The van der Waals surface area contributed by atoms with Crippen molar-refractivity contribution in [3.63, 3.8) is 0 Å². The van der Waals surface area contributed by atoms with E-state index in [2.05, 4.69) is 13.2 Å². The molecule has 0 bridgehead atoms. The SMILES string of the molecule is C=CCc1cc(/C=C2/SC(=O)N(CC=C)C2=O)cc(OCC)c1OCc1cccc([N+](=O)[O-])c1. The average Bonchev–Trinajstić information content (AvgIpc) is 3.07. The first-order chi connectivity index (χ1) is 16.4. The lowest BCUT2D eigenvalue weighted by Crippen LogP contribution is -2.27. The summed E-state index contributed by atoms with van der Waals surface area (Å²) in [5.41, 5.74) is 2.06. The second kappa shape index (κ2) is 11.3. The van der Waals surface area contributed by atoms with Crippen molar-refractivity contribution < 1.29 is 24.0 Å². The molecule has 0 spiro atoms. The van der Waals surface area contributed by atoms with Crippen molar-refractivity contribution in [1.29, 1.82) is 0 Å². The molecule has 9 heteroatoms. The minimum Gasteiger partial charge on any atom is -0.490 e. The number of nitro benzene ring substituents is 1. The fourth-order valence-corrected chi connectivity index (χ4v) is 4.20. The zero-order valence-electron chi connectivity index (χ0n) is 18.7. The van der Waals surface area contributed by atoms with E-state index in [1.807, 2.05) is 13.0 Å². The van der Waals surface area contributed by atoms with Crippen LogP contribution in [0.4, 0.5) is 10.5 Å². The van der Waals surface area contributed by atoms with Gasteiger partial charge in [-0.3, -0.25) is 24.6 Å². The quantitative estimate of drug-likeness (QED) is 0.181. The van der Waals surface area contributed by atoms with E-state index in [9.17, 15) is 19.7 Å². The molecule has 1 aliphatic heterocycles. The largest absolute Gasteiger partial charge is 0.490 e. The van der Waals surface area contributed by atoms with Gasteiger partial charge >= 0.3 is 0 Å². The molecule has 1 saturated heterocycles. The third kappa shape index (κ3) is 5.74. The normalized spacial score (nSPS) is 14.4. The number of allylic oxidation sites excluding steroid dienone is 1. The summed E-state index contributed by atoms with van der Waals surface area (Å²) >= 11 is 0.874. The summed E-state index contributed by atoms with van der Waals surface area (Å²) in [7, 11) is 0. The molecular formula is C25H24N2O6S. The highest BCUT2D eigenvalue weighted by Gasteiger charge is 2.34. The Hall–Kier alpha value is -3.85. The summed E-state index contributed by atoms with van der Waals surface area (Å²) in [5.74, 6) is 0.582. The fourth-order valence-electron chi connectivity index (χ4n) is 3.35. The number of benzene rings is 2. The van der Waals surface area contributed by atoms with Crippen LogP contribution in [0.15, 0.2) is 66.6 Å². The van der Waals surface area contributed by atoms with Gasteiger partial charge in [-0.05, 0) is 54.4 Å². The van der Waals surface area contributed by atoms with Crippen molar-refractivity contribution >= 4 is 34.7 Å². The monoisotopic (exact) mass is 480 g/mol. The number of carbonyl (C=O) groups is 2. The smallest absolute Gasteiger partial charge is 0.293 e. The summed E-state index contributed by atoms with van der Waals surface area (Å²) < 4.78 is 11.9. The molecule has 1 fully saturated rings. The zero-order valence-corrected chi connectivity index (χ0v) is 19.5. The Balaban J connectivity index is 1.95. The van der Waals surface area contributed by atoms with Crippen LogP contribution >= 0.6 is 11.8 Å². The lowest BCUT2D eigenvalue weighted by molar-refractivity contribution is -0.384. The third-order valence-corrected chi connectivity index (χ3v) is 5.71. The molecule has 1 aliphatic rings. The Bertz CT molecular complexity index is 1170. The number of imide groups is 1. The number of nitro groups is 1. The van der Waals surface area contributed by atoms with Crippen molar-refractivity contribution in [3.05, 3.63) is 93.4 Å². The Kier molecular flexibility index (Phi) is 8.26. The first kappa shape index (κ1) is 24.8. The number of hydrogen-bond donors (Lipinski definition) is 0. The summed E-state index contributed by atoms with van der Waals surface area (Å²) in [4.78, 5) is 36.8. The summed E-state index contributed by atoms with van der Waals surface area (Å²) in [6.45, 7) is 9.85. The van der Waals surface area contributed by atoms with Crippen LogP contribution in [0, 0.1) is 10.1 Å². The Labute approximate surface area is 201 Å². The van der Waals surface area contributed by atoms with E-state index in [-0.39, 0.29) is 30.0 Å². The molecule has 8 nitrogen and oxygen atoms in total. The fraction of sp³-hybridized carbons (Fsp3) is 0.200. The molecule has 0 atom stereocenters. The first-order valence-corrected chi connectivity index (χ1v) is 11.3. The van der Waals surface area contributed by atoms with Gasteiger partial charge in [0.1, 0.15) is 6.61 Å². The number of ether oxygens (including phenoxy) is 2. The van der Waals surface area contributed by atoms with Crippen LogP contribution in [-0.2, 0) is 17.8 Å². The van der Waals surface area contributed by atoms with E-state index in [0.717, 1.165) is 22.2 Å². The van der Waals surface area contributed by atoms with Crippen molar-refractivity contribution in [3.8, 4) is 11.5 Å². The van der Waals surface area contributed by atoms with Gasteiger partial charge in [0.2, 0.25) is 0 Å². The summed E-state index contributed by atoms with van der Waals surface area (Å²) in [6.07, 6.45) is 5.33. The molecule has 3 rings (SSSR count). The topological polar surface area (TPSA) is 99.0 Å². The summed E-state index contributed by atoms with van der Waals surface area (Å²) in [5, 5.41) is 10.7. The van der Waals surface area contributed by atoms with E-state index >= 15 is 0 Å². The molecule has 34 heavy (non-hydrogen) atoms. The number of nitrogens with zero attached hydrogens (tertiary/aromatic N) is 2. The van der Waals surface area contributed by atoms with Crippen LogP contribution in [0.3, 0.4) is 0 Å². The molecule has 2 aromatic rings. The van der Waals surface area contributed by atoms with Crippen molar-refractivity contribution in [1.82, 2.24) is 4.90 Å². The second-order valence-electron chi connectivity index (χ2n) is 7.23. The van der Waals surface area contributed by atoms with Gasteiger partial charge in [-0.1, -0.05) is 24.3 Å². The lowest BCUT2D eigenvalue weighted by atomic mass is 10.0. The van der Waals surface area contributed by atoms with Gasteiger partial charge in [0.05, 0.1) is 16.4 Å². The first-order valence-electron chi connectivity index (χ1n) is 10.5. The van der Waals surface area contributed by atoms with Crippen LogP contribution < -0.4 is 9.47 Å². The molecule has 1 heterocycles. The van der Waals surface area contributed by atoms with E-state index in [1.54, 1.807) is 30.4 Å². The highest BCUT2D eigenvalue weighted by atomic mass is 32.2. The number of amides is 2. The van der Waals surface area contributed by atoms with Gasteiger partial charge in [0.25, 0.3) is 16.8 Å². The Morgan fingerprint density at radius 1 is 1.15 bits per heavy atom. The maximum absolute atomic E-state index is 12.6. The van der Waals surface area contributed by atoms with Gasteiger partial charge in [-0.15, -0.1) is 13.2 Å². The van der Waals surface area contributed by atoms with Crippen LogP contribution in [0.25, 0.3) is 6.08 Å². The van der Waals surface area contributed by atoms with Crippen LogP contribution in [0.5, 0.6) is 11.5 Å². The Morgan fingerprint density at radius 3 is 2.62 bits per heavy atom. The molecule has 0 radical (unpaired) electrons. The third-order valence-electron chi connectivity index (χ3n) is 4.81. The van der Waals surface area contributed by atoms with Gasteiger partial charge in [-0.25, -0.2) is 0 Å². The minimum atomic E-state index is -0.455. The molecule has 176 valence electrons. The highest BCUT2D eigenvalue weighted by Crippen LogP contribution is 2.37. The van der Waals surface area contributed by atoms with Gasteiger partial charge < -0.3 is 9.47 Å². The molecule has 0 unspecified atom stereocenters. The minimum absolute atomic E-state index is 0.0156. The van der Waals surface area contributed by atoms with E-state index < -0.39 is 4.92 Å². The molecule has 0 aliphatic carbocycles. The molecular weight excluding hydrogens is 456 g/mol. The van der Waals surface area contributed by atoms with Crippen LogP contribution in [-0.4, -0.2) is 34.1 Å². The summed E-state index contributed by atoms with van der Waals surface area (Å²) in [6, 6.07) is 9.81. The number of carbonyl (C=O) groups excluding carboxylic acids is 2. The van der Waals surface area contributed by atoms with Crippen molar-refractivity contribution in [2.24, 2.45) is 0 Å². The molecule has 0 saturated carbocycles. The van der Waals surface area contributed by atoms with E-state index in [0.29, 0.717) is 40.6 Å². The molecule has 2 aromatic carbocycles. The predicted molar refractivity (Wildman–Crippen MR) is 132 cm³/mol. The van der Waals surface area contributed by atoms with Crippen LogP contribution in [0.2, 0.25) is 0 Å². The van der Waals surface area contributed by atoms with Crippen LogP contribution in [0.1, 0.15) is 23.6 Å². The molecule has 0 N–H and O–H groups in total. The zero-order chi connectivity index (χ0) is 24.7. The highest BCUT2D eigenvalue weighted by molar-refractivity contribution is 8.18. The maximum Gasteiger partial charge on any atom is 0.293 e. The number of hydrogen-bond acceptors (Lipinski definition) is 7. The van der Waals surface area contributed by atoms with Crippen molar-refractivity contribution in [2.75, 3.05) is 13.2 Å². The Morgan fingerprint density at radius 2 is 1.94 bits per heavy atom. The molecule has 2 amide bonds. The predicted octanol–water partition coefficient (Wildman–Crippen LogP) is 5.52. The van der Waals surface area contributed by atoms with E-state index in [4.69, 9.17) is 9.47 Å². The maximum atomic E-state index is 12.6. The van der Waals surface area contributed by atoms with E-state index in [1.165, 1.54) is 18.2 Å². The lowest BCUT2D eigenvalue weighted by Gasteiger charge is -2.17. The standard InChI is InChI=1S/C25H24N2O6S/c1-4-8-19-12-18(15-22-24(28)26(11-5-2)25(29)34-22)14-21(32-6-3)23(19)33-16-17-9-7-10-20(13-17)27(30)31/h4-5,7,9-10,12-15H,1-2,6,8,11,16H2,3H3/b22-15+. The number of rotatable bonds is 11. The number of thioether (sulfide) groups is 1. The van der Waals surface area contributed by atoms with Gasteiger partial charge in [-0.2, -0.15) is 0 Å². The van der Waals surface area contributed by atoms with Gasteiger partial charge in [0.15, 0.2) is 11.5 Å². The second-order valence-corrected chi connectivity index (χ2v) is 8.22. The number of non-ortho nitro benzene ring substituents is 1. The van der Waals surface area contributed by atoms with Gasteiger partial charge in [0, 0.05) is 24.2 Å².